The molecule has 0 fully saturated rings. The Bertz CT molecular complexity index is 1370. The molecule has 34 heavy (non-hydrogen) atoms. The molecular weight excluding hydrogens is 463 g/mol. The number of hydrogen-bond acceptors (Lipinski definition) is 2. The highest BCUT2D eigenvalue weighted by atomic mass is 19.3. The normalized spacial score (nSPS) is 11.8. The van der Waals surface area contributed by atoms with Crippen LogP contribution in [-0.2, 0) is 12.5 Å². The third-order valence-electron chi connectivity index (χ3n) is 5.22. The van der Waals surface area contributed by atoms with E-state index in [2.05, 4.69) is 9.72 Å². The summed E-state index contributed by atoms with van der Waals surface area (Å²) in [5, 5.41) is -1.13. The van der Waals surface area contributed by atoms with Crippen LogP contribution < -0.4 is 4.74 Å². The first-order valence-electron chi connectivity index (χ1n) is 10.2. The van der Waals surface area contributed by atoms with Crippen molar-refractivity contribution in [3.63, 3.8) is 0 Å². The maximum atomic E-state index is 15.0. The van der Waals surface area contributed by atoms with Crippen molar-refractivity contribution in [2.45, 2.75) is 25.9 Å². The van der Waals surface area contributed by atoms with Gasteiger partial charge in [-0.1, -0.05) is 31.5 Å². The van der Waals surface area contributed by atoms with Crippen LogP contribution in [0.1, 0.15) is 24.6 Å². The fraction of sp³-hybridized carbons (Fsp3) is 0.160. The summed E-state index contributed by atoms with van der Waals surface area (Å²) in [5.41, 5.74) is -0.707. The average Bonchev–Trinajstić information content (AvgIpc) is 2.80. The Labute approximate surface area is 189 Å². The average molecular weight is 479 g/mol. The van der Waals surface area contributed by atoms with Crippen molar-refractivity contribution < 1.29 is 35.5 Å². The van der Waals surface area contributed by atoms with Crippen molar-refractivity contribution in [1.82, 2.24) is 4.98 Å². The van der Waals surface area contributed by atoms with Gasteiger partial charge < -0.3 is 4.74 Å². The van der Waals surface area contributed by atoms with Gasteiger partial charge in [0, 0.05) is 11.8 Å². The van der Waals surface area contributed by atoms with Gasteiger partial charge in [-0.05, 0) is 53.3 Å². The van der Waals surface area contributed by atoms with Crippen molar-refractivity contribution in [2.75, 3.05) is 0 Å². The zero-order valence-corrected chi connectivity index (χ0v) is 17.6. The molecule has 3 aromatic carbocycles. The lowest BCUT2D eigenvalue weighted by atomic mass is 9.99. The van der Waals surface area contributed by atoms with E-state index in [-0.39, 0.29) is 10.9 Å². The Hall–Kier alpha value is -3.62. The van der Waals surface area contributed by atoms with Gasteiger partial charge in [-0.2, -0.15) is 8.78 Å². The van der Waals surface area contributed by atoms with Crippen LogP contribution >= 0.6 is 0 Å². The van der Waals surface area contributed by atoms with Crippen LogP contribution in [0.15, 0.2) is 54.7 Å². The second-order valence-corrected chi connectivity index (χ2v) is 7.58. The summed E-state index contributed by atoms with van der Waals surface area (Å²) < 4.78 is 105. The lowest BCUT2D eigenvalue weighted by Gasteiger charge is -2.19. The maximum absolute atomic E-state index is 15.0. The monoisotopic (exact) mass is 479 g/mol. The first-order valence-corrected chi connectivity index (χ1v) is 10.2. The Balaban J connectivity index is 1.73. The number of alkyl halides is 2. The molecule has 0 spiro atoms. The molecule has 0 bridgehead atoms. The summed E-state index contributed by atoms with van der Waals surface area (Å²) in [6.07, 6.45) is -1.38. The quantitative estimate of drug-likeness (QED) is 0.265. The Morgan fingerprint density at radius 1 is 0.824 bits per heavy atom. The van der Waals surface area contributed by atoms with E-state index in [1.54, 1.807) is 0 Å². The van der Waals surface area contributed by atoms with Gasteiger partial charge >= 0.3 is 6.11 Å². The summed E-state index contributed by atoms with van der Waals surface area (Å²) in [7, 11) is 0. The number of pyridine rings is 1. The molecule has 0 aliphatic carbocycles. The number of hydrogen-bond donors (Lipinski definition) is 0. The van der Waals surface area contributed by atoms with Crippen LogP contribution in [0.2, 0.25) is 0 Å². The number of halogens is 7. The topological polar surface area (TPSA) is 22.1 Å². The number of aromatic nitrogens is 1. The Morgan fingerprint density at radius 3 is 2.24 bits per heavy atom. The van der Waals surface area contributed by atoms with E-state index in [0.29, 0.717) is 12.5 Å². The number of rotatable bonds is 6. The predicted octanol–water partition coefficient (Wildman–Crippen LogP) is 7.68. The van der Waals surface area contributed by atoms with E-state index < -0.39 is 57.6 Å². The summed E-state index contributed by atoms with van der Waals surface area (Å²) in [6, 6.07) is 7.78. The van der Waals surface area contributed by atoms with Crippen molar-refractivity contribution in [2.24, 2.45) is 0 Å². The van der Waals surface area contributed by atoms with Gasteiger partial charge in [0.1, 0.15) is 0 Å². The van der Waals surface area contributed by atoms with Gasteiger partial charge in [0.2, 0.25) is 0 Å². The smallest absolute Gasteiger partial charge is 0.425 e. The third kappa shape index (κ3) is 4.30. The molecule has 0 unspecified atom stereocenters. The van der Waals surface area contributed by atoms with E-state index in [4.69, 9.17) is 0 Å². The number of ether oxygens (including phenoxy) is 1. The fourth-order valence-electron chi connectivity index (χ4n) is 3.54. The van der Waals surface area contributed by atoms with Crippen LogP contribution in [0.5, 0.6) is 5.75 Å². The third-order valence-corrected chi connectivity index (χ3v) is 5.22. The highest BCUT2D eigenvalue weighted by Crippen LogP contribution is 2.38. The maximum Gasteiger partial charge on any atom is 0.444 e. The largest absolute Gasteiger partial charge is 0.444 e. The molecule has 0 saturated carbocycles. The minimum Gasteiger partial charge on any atom is -0.425 e. The molecular formula is C25H16F7NO. The van der Waals surface area contributed by atoms with E-state index in [0.717, 1.165) is 48.4 Å². The zero-order valence-electron chi connectivity index (χ0n) is 17.6. The SMILES string of the molecule is CCCc1ccc(C(F)(F)Oc2ccc3cc(-c4ccc(F)c(F)c4)c(F)c(F)c3c2F)nc1. The van der Waals surface area contributed by atoms with Gasteiger partial charge in [0.15, 0.2) is 40.5 Å². The standard InChI is InChI=1S/C25H16F7NO/c1-2-3-13-4-9-20(33-12-13)25(31,32)34-19-8-6-15-10-16(14-5-7-17(26)18(27)11-14)22(28)24(30)21(15)23(19)29/h4-12H,2-3H2,1H3. The van der Waals surface area contributed by atoms with Crippen LogP contribution in [0.4, 0.5) is 30.7 Å². The molecule has 0 saturated heterocycles. The first kappa shape index (κ1) is 23.5. The lowest BCUT2D eigenvalue weighted by molar-refractivity contribution is -0.190. The van der Waals surface area contributed by atoms with Gasteiger partial charge in [-0.3, -0.25) is 4.98 Å². The second kappa shape index (κ2) is 8.96. The van der Waals surface area contributed by atoms with Crippen LogP contribution in [-0.4, -0.2) is 4.98 Å². The minimum absolute atomic E-state index is 0.193. The fourth-order valence-corrected chi connectivity index (χ4v) is 3.54. The van der Waals surface area contributed by atoms with Gasteiger partial charge in [0.05, 0.1) is 5.39 Å². The summed E-state index contributed by atoms with van der Waals surface area (Å²) >= 11 is 0. The molecule has 0 N–H and O–H groups in total. The first-order chi connectivity index (χ1) is 16.1. The van der Waals surface area contributed by atoms with Gasteiger partial charge in [0.25, 0.3) is 0 Å². The van der Waals surface area contributed by atoms with Crippen molar-refractivity contribution >= 4 is 10.8 Å². The molecule has 2 nitrogen and oxygen atoms in total. The molecule has 0 aliphatic heterocycles. The predicted molar refractivity (Wildman–Crippen MR) is 112 cm³/mol. The highest BCUT2D eigenvalue weighted by Gasteiger charge is 2.37. The molecule has 176 valence electrons. The molecule has 1 heterocycles. The van der Waals surface area contributed by atoms with Crippen molar-refractivity contribution in [1.29, 1.82) is 0 Å². The molecule has 0 aliphatic rings. The molecule has 1 aromatic heterocycles. The number of aryl methyl sites for hydroxylation is 1. The number of fused-ring (bicyclic) bond motifs is 1. The summed E-state index contributed by atoms with van der Waals surface area (Å²) in [6.45, 7) is 1.91. The Morgan fingerprint density at radius 2 is 1.59 bits per heavy atom. The molecule has 4 rings (SSSR count). The van der Waals surface area contributed by atoms with E-state index in [9.17, 15) is 30.7 Å². The van der Waals surface area contributed by atoms with Crippen LogP contribution in [0.25, 0.3) is 21.9 Å². The summed E-state index contributed by atoms with van der Waals surface area (Å²) in [4.78, 5) is 3.66. The molecule has 4 aromatic rings. The van der Waals surface area contributed by atoms with Crippen molar-refractivity contribution in [3.05, 3.63) is 95.1 Å². The van der Waals surface area contributed by atoms with Crippen LogP contribution in [0.3, 0.4) is 0 Å². The van der Waals surface area contributed by atoms with Crippen molar-refractivity contribution in [3.8, 4) is 16.9 Å². The number of nitrogens with zero attached hydrogens (tertiary/aromatic N) is 1. The highest BCUT2D eigenvalue weighted by molar-refractivity contribution is 5.90. The lowest BCUT2D eigenvalue weighted by Crippen LogP contribution is -2.24. The minimum atomic E-state index is -4.06. The van der Waals surface area contributed by atoms with Gasteiger partial charge in [-0.25, -0.2) is 22.0 Å². The molecule has 0 atom stereocenters. The molecule has 0 radical (unpaired) electrons. The molecule has 9 heteroatoms. The Kier molecular flexibility index (Phi) is 6.20. The van der Waals surface area contributed by atoms with E-state index in [1.165, 1.54) is 12.3 Å². The number of benzene rings is 3. The summed E-state index contributed by atoms with van der Waals surface area (Å²) in [5.74, 6) is -8.29. The van der Waals surface area contributed by atoms with Gasteiger partial charge in [-0.15, -0.1) is 0 Å². The molecule has 0 amide bonds. The van der Waals surface area contributed by atoms with E-state index in [1.807, 2.05) is 6.92 Å². The van der Waals surface area contributed by atoms with Crippen LogP contribution in [0, 0.1) is 29.1 Å². The second-order valence-electron chi connectivity index (χ2n) is 7.58. The zero-order chi connectivity index (χ0) is 24.6. The van der Waals surface area contributed by atoms with E-state index >= 15 is 0 Å².